The fourth-order valence-corrected chi connectivity index (χ4v) is 0.550. The van der Waals surface area contributed by atoms with Gasteiger partial charge in [-0.15, -0.1) is 0 Å². The third-order valence-corrected chi connectivity index (χ3v) is 1.17. The van der Waals surface area contributed by atoms with E-state index in [4.69, 9.17) is 0 Å². The summed E-state index contributed by atoms with van der Waals surface area (Å²) >= 11 is 0. The van der Waals surface area contributed by atoms with Crippen molar-refractivity contribution in [2.45, 2.75) is 20.3 Å². The predicted molar refractivity (Wildman–Crippen MR) is 43.4 cm³/mol. The van der Waals surface area contributed by atoms with Crippen LogP contribution in [0.4, 0.5) is 0 Å². The van der Waals surface area contributed by atoms with Crippen LogP contribution in [-0.4, -0.2) is 0 Å². The molecule has 0 amide bonds. The first-order valence-corrected chi connectivity index (χ1v) is 3.29. The molecule has 0 aromatic carbocycles. The van der Waals surface area contributed by atoms with Gasteiger partial charge in [-0.25, -0.2) is 0 Å². The molecular formula is C9H14. The zero-order chi connectivity index (χ0) is 7.11. The van der Waals surface area contributed by atoms with E-state index in [0.717, 1.165) is 6.42 Å². The van der Waals surface area contributed by atoms with E-state index < -0.39 is 0 Å². The summed E-state index contributed by atoms with van der Waals surface area (Å²) in [7, 11) is 0. The van der Waals surface area contributed by atoms with Crippen LogP contribution in [-0.2, 0) is 0 Å². The van der Waals surface area contributed by atoms with E-state index >= 15 is 0 Å². The molecule has 0 unspecified atom stereocenters. The highest BCUT2D eigenvalue weighted by molar-refractivity contribution is 5.21. The molecular weight excluding hydrogens is 108 g/mol. The second-order valence-corrected chi connectivity index (χ2v) is 1.83. The van der Waals surface area contributed by atoms with Gasteiger partial charge in [0.15, 0.2) is 0 Å². The van der Waals surface area contributed by atoms with Crippen LogP contribution in [0.25, 0.3) is 0 Å². The number of rotatable bonds is 3. The lowest BCUT2D eigenvalue weighted by Gasteiger charge is -1.89. The maximum Gasteiger partial charge on any atom is -0.0308 e. The van der Waals surface area contributed by atoms with Gasteiger partial charge in [0.05, 0.1) is 0 Å². The van der Waals surface area contributed by atoms with Crippen molar-refractivity contribution in [1.29, 1.82) is 0 Å². The summed E-state index contributed by atoms with van der Waals surface area (Å²) in [4.78, 5) is 0. The Balaban J connectivity index is 3.90. The summed E-state index contributed by atoms with van der Waals surface area (Å²) in [5, 5.41) is 0. The molecule has 0 nitrogen and oxygen atoms in total. The van der Waals surface area contributed by atoms with Gasteiger partial charge in [0, 0.05) is 0 Å². The lowest BCUT2D eigenvalue weighted by Crippen LogP contribution is -1.69. The zero-order valence-corrected chi connectivity index (χ0v) is 6.22. The maximum absolute atomic E-state index is 3.68. The molecule has 50 valence electrons. The first kappa shape index (κ1) is 8.22. The van der Waals surface area contributed by atoms with Crippen molar-refractivity contribution in [2.24, 2.45) is 0 Å². The molecule has 0 atom stereocenters. The molecule has 0 aromatic heterocycles. The van der Waals surface area contributed by atoms with Crippen molar-refractivity contribution in [3.8, 4) is 0 Å². The van der Waals surface area contributed by atoms with Crippen molar-refractivity contribution < 1.29 is 0 Å². The summed E-state index contributed by atoms with van der Waals surface area (Å²) in [5.41, 5.74) is 1.29. The molecule has 0 aliphatic heterocycles. The van der Waals surface area contributed by atoms with Crippen LogP contribution in [0.5, 0.6) is 0 Å². The first-order chi connectivity index (χ1) is 4.35. The average molecular weight is 122 g/mol. The summed E-state index contributed by atoms with van der Waals surface area (Å²) in [5.74, 6) is 0. The average Bonchev–Trinajstić information content (AvgIpc) is 1.91. The van der Waals surface area contributed by atoms with Crippen molar-refractivity contribution in [2.75, 3.05) is 0 Å². The summed E-state index contributed by atoms with van der Waals surface area (Å²) in [6, 6.07) is 0. The first-order valence-electron chi connectivity index (χ1n) is 3.29. The molecule has 0 heteroatoms. The molecule has 9 heavy (non-hydrogen) atoms. The molecule has 0 N–H and O–H groups in total. The monoisotopic (exact) mass is 122 g/mol. The smallest absolute Gasteiger partial charge is 0.0308 e. The van der Waals surface area contributed by atoms with Gasteiger partial charge >= 0.3 is 0 Å². The molecule has 0 aromatic rings. The molecule has 0 spiro atoms. The SMILES string of the molecule is C=C/C(=C/C=C\C)CC. The quantitative estimate of drug-likeness (QED) is 0.504. The van der Waals surface area contributed by atoms with E-state index in [2.05, 4.69) is 19.6 Å². The Bertz CT molecular complexity index is 127. The molecule has 0 fully saturated rings. The molecule has 0 saturated heterocycles. The number of hydrogen-bond acceptors (Lipinski definition) is 0. The summed E-state index contributed by atoms with van der Waals surface area (Å²) in [6.45, 7) is 7.81. The van der Waals surface area contributed by atoms with Gasteiger partial charge < -0.3 is 0 Å². The van der Waals surface area contributed by atoms with Gasteiger partial charge in [-0.05, 0) is 18.9 Å². The van der Waals surface area contributed by atoms with Crippen LogP contribution in [0.3, 0.4) is 0 Å². The van der Waals surface area contributed by atoms with Crippen molar-refractivity contribution in [3.63, 3.8) is 0 Å². The minimum Gasteiger partial charge on any atom is -0.0988 e. The molecule has 0 aliphatic rings. The largest absolute Gasteiger partial charge is 0.0988 e. The van der Waals surface area contributed by atoms with E-state index in [1.807, 2.05) is 25.2 Å². The fraction of sp³-hybridized carbons (Fsp3) is 0.333. The van der Waals surface area contributed by atoms with E-state index in [0.29, 0.717) is 0 Å². The van der Waals surface area contributed by atoms with Gasteiger partial charge in [0.25, 0.3) is 0 Å². The van der Waals surface area contributed by atoms with Gasteiger partial charge in [-0.3, -0.25) is 0 Å². The van der Waals surface area contributed by atoms with Gasteiger partial charge in [0.1, 0.15) is 0 Å². The topological polar surface area (TPSA) is 0 Å². The second-order valence-electron chi connectivity index (χ2n) is 1.83. The zero-order valence-electron chi connectivity index (χ0n) is 6.22. The minimum atomic E-state index is 1.06. The lowest BCUT2D eigenvalue weighted by atomic mass is 10.2. The Morgan fingerprint density at radius 1 is 1.56 bits per heavy atom. The van der Waals surface area contributed by atoms with Crippen LogP contribution in [0.2, 0.25) is 0 Å². The van der Waals surface area contributed by atoms with Gasteiger partial charge in [0.2, 0.25) is 0 Å². The van der Waals surface area contributed by atoms with Crippen LogP contribution in [0.15, 0.2) is 36.5 Å². The Labute approximate surface area is 57.6 Å². The van der Waals surface area contributed by atoms with E-state index in [1.54, 1.807) is 0 Å². The third-order valence-electron chi connectivity index (χ3n) is 1.17. The highest BCUT2D eigenvalue weighted by Crippen LogP contribution is 2.00. The van der Waals surface area contributed by atoms with E-state index in [1.165, 1.54) is 5.57 Å². The van der Waals surface area contributed by atoms with Gasteiger partial charge in [-0.1, -0.05) is 37.8 Å². The maximum atomic E-state index is 3.68. The molecule has 0 bridgehead atoms. The normalized spacial score (nSPS) is 12.4. The van der Waals surface area contributed by atoms with Crippen LogP contribution >= 0.6 is 0 Å². The van der Waals surface area contributed by atoms with E-state index in [-0.39, 0.29) is 0 Å². The Morgan fingerprint density at radius 3 is 2.56 bits per heavy atom. The lowest BCUT2D eigenvalue weighted by molar-refractivity contribution is 1.15. The van der Waals surface area contributed by atoms with E-state index in [9.17, 15) is 0 Å². The molecule has 0 radical (unpaired) electrons. The second kappa shape index (κ2) is 5.36. The minimum absolute atomic E-state index is 1.06. The van der Waals surface area contributed by atoms with Crippen LogP contribution in [0.1, 0.15) is 20.3 Å². The number of allylic oxidation sites excluding steroid dienone is 5. The third kappa shape index (κ3) is 3.77. The van der Waals surface area contributed by atoms with Crippen molar-refractivity contribution in [3.05, 3.63) is 36.5 Å². The van der Waals surface area contributed by atoms with Gasteiger partial charge in [-0.2, -0.15) is 0 Å². The Kier molecular flexibility index (Phi) is 4.89. The van der Waals surface area contributed by atoms with Crippen LogP contribution in [0, 0.1) is 0 Å². The van der Waals surface area contributed by atoms with Crippen molar-refractivity contribution >= 4 is 0 Å². The fourth-order valence-electron chi connectivity index (χ4n) is 0.550. The molecule has 0 saturated carbocycles. The van der Waals surface area contributed by atoms with Crippen LogP contribution < -0.4 is 0 Å². The molecule has 0 rings (SSSR count). The Hall–Kier alpha value is -0.780. The molecule has 0 aliphatic carbocycles. The Morgan fingerprint density at radius 2 is 2.22 bits per heavy atom. The standard InChI is InChI=1S/C9H14/c1-4-7-8-9(5-2)6-3/h4-5,7-8H,2,6H2,1,3H3/b7-4-,9-8-. The molecule has 0 heterocycles. The highest BCUT2D eigenvalue weighted by Gasteiger charge is 1.79. The predicted octanol–water partition coefficient (Wildman–Crippen LogP) is 3.08. The number of hydrogen-bond donors (Lipinski definition) is 0. The highest BCUT2D eigenvalue weighted by atomic mass is 13.9. The summed E-state index contributed by atoms with van der Waals surface area (Å²) in [6.07, 6.45) is 9.07. The van der Waals surface area contributed by atoms with Crippen molar-refractivity contribution in [1.82, 2.24) is 0 Å². The summed E-state index contributed by atoms with van der Waals surface area (Å²) < 4.78 is 0.